The quantitative estimate of drug-likeness (QED) is 0.239. The van der Waals surface area contributed by atoms with Crippen molar-refractivity contribution in [2.75, 3.05) is 13.6 Å². The second kappa shape index (κ2) is 4.20. The second-order valence-corrected chi connectivity index (χ2v) is 1.78. The van der Waals surface area contributed by atoms with Gasteiger partial charge >= 0.3 is 5.97 Å². The minimum atomic E-state index is -0.849. The van der Waals surface area contributed by atoms with Gasteiger partial charge in [-0.25, -0.2) is 4.79 Å². The lowest BCUT2D eigenvalue weighted by atomic mass is 10.6. The molecule has 0 aromatic rings. The number of hydrogen-bond donors (Lipinski definition) is 2. The molecule has 62 valence electrons. The van der Waals surface area contributed by atoms with Gasteiger partial charge < -0.3 is 10.6 Å². The first kappa shape index (κ1) is 9.34. The van der Waals surface area contributed by atoms with Crippen molar-refractivity contribution in [2.45, 2.75) is 0 Å². The van der Waals surface area contributed by atoms with Crippen LogP contribution in [0.4, 0.5) is 0 Å². The third-order valence-electron chi connectivity index (χ3n) is 0.917. The molecule has 0 saturated carbocycles. The Labute approximate surface area is 62.5 Å². The molecule has 0 radical (unpaired) electrons. The number of rotatable bonds is 3. The number of carbonyl (C=O) groups excluding carboxylic acids is 1. The third-order valence-corrected chi connectivity index (χ3v) is 0.917. The van der Waals surface area contributed by atoms with Gasteiger partial charge in [0.1, 0.15) is 6.54 Å². The van der Waals surface area contributed by atoms with Crippen molar-refractivity contribution in [1.29, 1.82) is 5.41 Å². The van der Waals surface area contributed by atoms with Crippen LogP contribution < -0.4 is 5.73 Å². The van der Waals surface area contributed by atoms with Gasteiger partial charge in [0, 0.05) is 7.05 Å². The molecule has 0 fully saturated rings. The molecule has 0 aromatic carbocycles. The molecule has 0 aliphatic carbocycles. The summed E-state index contributed by atoms with van der Waals surface area (Å²) in [5.74, 6) is -1.13. The molecule has 0 rings (SSSR count). The summed E-state index contributed by atoms with van der Waals surface area (Å²) in [4.78, 5) is 24.6. The normalized spacial score (nSPS) is 8.45. The first-order valence-electron chi connectivity index (χ1n) is 2.65. The monoisotopic (exact) mass is 160 g/mol. The molecule has 0 atom stereocenters. The number of guanidine groups is 1. The number of carbonyl (C=O) groups is 1. The lowest BCUT2D eigenvalue weighted by Gasteiger charge is -2.12. The number of likely N-dealkylation sites (N-methyl/N-ethyl adjacent to an activating group) is 1. The van der Waals surface area contributed by atoms with E-state index in [0.717, 1.165) is 4.90 Å². The minimum Gasteiger partial charge on any atom is -0.370 e. The van der Waals surface area contributed by atoms with Gasteiger partial charge in [-0.2, -0.15) is 0 Å². The molecule has 0 aliphatic heterocycles. The van der Waals surface area contributed by atoms with Crippen molar-refractivity contribution in [3.8, 4) is 0 Å². The van der Waals surface area contributed by atoms with E-state index in [9.17, 15) is 9.70 Å². The maximum absolute atomic E-state index is 10.4. The number of nitrogens with two attached hydrogens (primary N) is 1. The van der Waals surface area contributed by atoms with Crippen molar-refractivity contribution in [2.24, 2.45) is 11.1 Å². The Morgan fingerprint density at radius 1 is 1.82 bits per heavy atom. The molecule has 0 saturated heterocycles. The van der Waals surface area contributed by atoms with Crippen molar-refractivity contribution in [3.63, 3.8) is 0 Å². The number of nitrogens with zero attached hydrogens (tertiary/aromatic N) is 2. The van der Waals surface area contributed by atoms with Crippen LogP contribution in [-0.4, -0.2) is 30.4 Å². The van der Waals surface area contributed by atoms with Gasteiger partial charge in [0.25, 0.3) is 0 Å². The summed E-state index contributed by atoms with van der Waals surface area (Å²) < 4.78 is 0. The summed E-state index contributed by atoms with van der Waals surface area (Å²) >= 11 is 0. The molecule has 0 aliphatic rings. The average molecular weight is 160 g/mol. The fourth-order valence-corrected chi connectivity index (χ4v) is 0.349. The molecule has 0 heterocycles. The van der Waals surface area contributed by atoms with E-state index in [-0.39, 0.29) is 12.5 Å². The first-order chi connectivity index (χ1) is 5.07. The molecule has 0 amide bonds. The van der Waals surface area contributed by atoms with Crippen LogP contribution in [0.2, 0.25) is 0 Å². The maximum Gasteiger partial charge on any atom is 0.357 e. The summed E-state index contributed by atoms with van der Waals surface area (Å²) in [6.45, 7) is -0.263. The first-order valence-corrected chi connectivity index (χ1v) is 2.65. The Kier molecular flexibility index (Phi) is 3.57. The second-order valence-electron chi connectivity index (χ2n) is 1.78. The summed E-state index contributed by atoms with van der Waals surface area (Å²) in [7, 11) is 1.41. The highest BCUT2D eigenvalue weighted by Crippen LogP contribution is 1.83. The molecule has 0 unspecified atom stereocenters. The molecule has 3 N–H and O–H groups in total. The van der Waals surface area contributed by atoms with Crippen LogP contribution in [0.5, 0.6) is 0 Å². The lowest BCUT2D eigenvalue weighted by Crippen LogP contribution is -2.37. The highest BCUT2D eigenvalue weighted by molar-refractivity contribution is 5.80. The topological polar surface area (TPSA) is 109 Å². The van der Waals surface area contributed by atoms with Gasteiger partial charge in [-0.1, -0.05) is 0 Å². The van der Waals surface area contributed by atoms with Gasteiger partial charge in [-0.05, 0) is 0 Å². The van der Waals surface area contributed by atoms with Crippen molar-refractivity contribution in [3.05, 3.63) is 4.91 Å². The zero-order valence-electron chi connectivity index (χ0n) is 5.90. The van der Waals surface area contributed by atoms with E-state index < -0.39 is 5.97 Å². The van der Waals surface area contributed by atoms with Gasteiger partial charge in [-0.3, -0.25) is 10.2 Å². The molecule has 0 bridgehead atoms. The van der Waals surface area contributed by atoms with E-state index in [1.165, 1.54) is 7.05 Å². The summed E-state index contributed by atoms with van der Waals surface area (Å²) in [6.07, 6.45) is 0. The Hall–Kier alpha value is -1.66. The van der Waals surface area contributed by atoms with Crippen LogP contribution in [-0.2, 0) is 9.63 Å². The van der Waals surface area contributed by atoms with E-state index in [4.69, 9.17) is 11.1 Å². The van der Waals surface area contributed by atoms with Crippen LogP contribution >= 0.6 is 0 Å². The SMILES string of the molecule is CN(CC(=O)ON=O)C(=N)N. The predicted molar refractivity (Wildman–Crippen MR) is 36.4 cm³/mol. The van der Waals surface area contributed by atoms with E-state index in [1.54, 1.807) is 0 Å². The van der Waals surface area contributed by atoms with E-state index in [0.29, 0.717) is 0 Å². The summed E-state index contributed by atoms with van der Waals surface area (Å²) in [5, 5.41) is 8.72. The summed E-state index contributed by atoms with van der Waals surface area (Å²) in [5.41, 5.74) is 4.97. The zero-order valence-corrected chi connectivity index (χ0v) is 5.90. The largest absolute Gasteiger partial charge is 0.370 e. The Balaban J connectivity index is 3.74. The molecular formula is C4H8N4O3. The Morgan fingerprint density at radius 3 is 2.73 bits per heavy atom. The van der Waals surface area contributed by atoms with Crippen LogP contribution in [0.25, 0.3) is 0 Å². The van der Waals surface area contributed by atoms with Crippen molar-refractivity contribution < 1.29 is 9.63 Å². The third kappa shape index (κ3) is 3.84. The van der Waals surface area contributed by atoms with Crippen molar-refractivity contribution in [1.82, 2.24) is 4.90 Å². The molecule has 7 nitrogen and oxygen atoms in total. The molecule has 7 heteroatoms. The van der Waals surface area contributed by atoms with E-state index in [1.807, 2.05) is 5.34 Å². The van der Waals surface area contributed by atoms with Crippen LogP contribution in [0.15, 0.2) is 5.34 Å². The van der Waals surface area contributed by atoms with Gasteiger partial charge in [-0.15, -0.1) is 4.91 Å². The van der Waals surface area contributed by atoms with E-state index in [2.05, 4.69) is 4.84 Å². The average Bonchev–Trinajstić information content (AvgIpc) is 1.87. The molecule has 0 spiro atoms. The molecule has 11 heavy (non-hydrogen) atoms. The molecular weight excluding hydrogens is 152 g/mol. The van der Waals surface area contributed by atoms with E-state index >= 15 is 0 Å². The molecule has 0 aromatic heterocycles. The Morgan fingerprint density at radius 2 is 2.36 bits per heavy atom. The van der Waals surface area contributed by atoms with Gasteiger partial charge in [0.15, 0.2) is 11.3 Å². The van der Waals surface area contributed by atoms with Crippen LogP contribution in [0.1, 0.15) is 0 Å². The Bertz CT molecular complexity index is 180. The van der Waals surface area contributed by atoms with Crippen molar-refractivity contribution >= 4 is 11.9 Å². The fourth-order valence-electron chi connectivity index (χ4n) is 0.349. The van der Waals surface area contributed by atoms with Crippen LogP contribution in [0.3, 0.4) is 0 Å². The lowest BCUT2D eigenvalue weighted by molar-refractivity contribution is -0.144. The smallest absolute Gasteiger partial charge is 0.357 e. The fraction of sp³-hybridized carbons (Fsp3) is 0.500. The minimum absolute atomic E-state index is 0.263. The highest BCUT2D eigenvalue weighted by Gasteiger charge is 2.08. The highest BCUT2D eigenvalue weighted by atomic mass is 16.7. The number of hydrogen-bond acceptors (Lipinski definition) is 5. The van der Waals surface area contributed by atoms with Gasteiger partial charge in [0.05, 0.1) is 0 Å². The van der Waals surface area contributed by atoms with Gasteiger partial charge in [0.2, 0.25) is 0 Å². The predicted octanol–water partition coefficient (Wildman–Crippen LogP) is -0.964. The van der Waals surface area contributed by atoms with Crippen LogP contribution in [0, 0.1) is 10.3 Å². The summed E-state index contributed by atoms with van der Waals surface area (Å²) in [6, 6.07) is 0. The standard InChI is InChI=1S/C4H8N4O3/c1-8(4(5)6)2-3(9)11-7-10/h2H2,1H3,(H3,5,6). The zero-order chi connectivity index (χ0) is 8.85. The maximum atomic E-state index is 10.4. The number of nitrogens with one attached hydrogen (secondary N) is 1.